The Morgan fingerprint density at radius 3 is 2.75 bits per heavy atom. The molecule has 0 bridgehead atoms. The molecule has 0 unspecified atom stereocenters. The number of aryl methyl sites for hydroxylation is 1. The van der Waals surface area contributed by atoms with E-state index < -0.39 is 11.7 Å². The van der Waals surface area contributed by atoms with E-state index >= 15 is 0 Å². The van der Waals surface area contributed by atoms with E-state index in [0.717, 1.165) is 50.4 Å². The molecule has 1 saturated heterocycles. The monoisotopic (exact) mass is 450 g/mol. The number of benzene rings is 1. The number of unbranched alkanes of at least 4 members (excludes halogenated alkanes) is 1. The van der Waals surface area contributed by atoms with Crippen LogP contribution in [0.15, 0.2) is 24.3 Å². The van der Waals surface area contributed by atoms with Crippen molar-refractivity contribution in [1.29, 1.82) is 0 Å². The molecule has 1 aliphatic heterocycles. The molecule has 10 heteroatoms. The number of nitrogens with two attached hydrogens (primary N) is 1. The number of nitrogens with zero attached hydrogens (tertiary/aromatic N) is 3. The van der Waals surface area contributed by atoms with E-state index in [4.69, 9.17) is 5.73 Å². The molecule has 0 radical (unpaired) electrons. The van der Waals surface area contributed by atoms with Crippen molar-refractivity contribution in [2.75, 3.05) is 29.0 Å². The molecule has 3 rings (SSSR count). The van der Waals surface area contributed by atoms with E-state index in [-0.39, 0.29) is 29.3 Å². The van der Waals surface area contributed by atoms with Gasteiger partial charge in [-0.3, -0.25) is 4.79 Å². The summed E-state index contributed by atoms with van der Waals surface area (Å²) in [5.74, 6) is 0.845. The molecule has 1 aromatic carbocycles. The first kappa shape index (κ1) is 23.6. The molecule has 174 valence electrons. The maximum atomic E-state index is 13.2. The largest absolute Gasteiger partial charge is 0.418 e. The van der Waals surface area contributed by atoms with Crippen molar-refractivity contribution in [2.24, 2.45) is 0 Å². The van der Waals surface area contributed by atoms with Gasteiger partial charge in [0, 0.05) is 49.2 Å². The number of hydrogen-bond acceptors (Lipinski definition) is 6. The number of piperidine rings is 1. The van der Waals surface area contributed by atoms with Crippen LogP contribution in [-0.2, 0) is 17.4 Å². The standard InChI is InChI=1S/C22H29F3N6O/c1-3-4-6-15-12-20(31-10-5-7-17(13-31)27-14(2)32)30-21(28-15)29-16-8-9-19(26)18(11-16)22(23,24)25/h8-9,11-12,17H,3-7,10,13,26H2,1-2H3,(H,27,32)(H,28,29,30)/t17-/m1/s1. The highest BCUT2D eigenvalue weighted by atomic mass is 19.4. The maximum absolute atomic E-state index is 13.2. The lowest BCUT2D eigenvalue weighted by atomic mass is 10.1. The van der Waals surface area contributed by atoms with Crippen LogP contribution in [0.3, 0.4) is 0 Å². The van der Waals surface area contributed by atoms with Gasteiger partial charge in [-0.1, -0.05) is 13.3 Å². The van der Waals surface area contributed by atoms with Crippen LogP contribution in [-0.4, -0.2) is 35.0 Å². The number of nitrogen functional groups attached to an aromatic ring is 1. The van der Waals surface area contributed by atoms with Crippen LogP contribution in [0.4, 0.5) is 36.3 Å². The van der Waals surface area contributed by atoms with Crippen LogP contribution < -0.4 is 21.3 Å². The second kappa shape index (κ2) is 10.1. The Bertz CT molecular complexity index is 950. The van der Waals surface area contributed by atoms with Gasteiger partial charge in [-0.2, -0.15) is 18.2 Å². The molecule has 1 aromatic heterocycles. The Morgan fingerprint density at radius 1 is 1.28 bits per heavy atom. The minimum atomic E-state index is -4.55. The number of anilines is 4. The summed E-state index contributed by atoms with van der Waals surface area (Å²) in [5.41, 5.74) is 5.28. The fourth-order valence-corrected chi connectivity index (χ4v) is 3.79. The van der Waals surface area contributed by atoms with Gasteiger partial charge in [0.15, 0.2) is 0 Å². The second-order valence-electron chi connectivity index (χ2n) is 8.06. The molecule has 1 aliphatic rings. The van der Waals surface area contributed by atoms with E-state index in [1.165, 1.54) is 19.1 Å². The van der Waals surface area contributed by atoms with E-state index in [9.17, 15) is 18.0 Å². The molecule has 2 aromatic rings. The molecule has 2 heterocycles. The van der Waals surface area contributed by atoms with Crippen LogP contribution in [0.25, 0.3) is 0 Å². The lowest BCUT2D eigenvalue weighted by molar-refractivity contribution is -0.136. The summed E-state index contributed by atoms with van der Waals surface area (Å²) in [4.78, 5) is 22.6. The topological polar surface area (TPSA) is 96.2 Å². The van der Waals surface area contributed by atoms with Gasteiger partial charge in [0.25, 0.3) is 0 Å². The van der Waals surface area contributed by atoms with Gasteiger partial charge in [0.1, 0.15) is 5.82 Å². The summed E-state index contributed by atoms with van der Waals surface area (Å²) in [6.45, 7) is 4.97. The van der Waals surface area contributed by atoms with E-state index in [1.807, 2.05) is 6.07 Å². The number of amides is 1. The summed E-state index contributed by atoms with van der Waals surface area (Å²) < 4.78 is 39.7. The van der Waals surface area contributed by atoms with Gasteiger partial charge in [-0.05, 0) is 43.9 Å². The molecular weight excluding hydrogens is 421 g/mol. The lowest BCUT2D eigenvalue weighted by Gasteiger charge is -2.34. The van der Waals surface area contributed by atoms with Gasteiger partial charge < -0.3 is 21.3 Å². The third kappa shape index (κ3) is 6.24. The fourth-order valence-electron chi connectivity index (χ4n) is 3.79. The summed E-state index contributed by atoms with van der Waals surface area (Å²) in [7, 11) is 0. The first-order valence-corrected chi connectivity index (χ1v) is 10.8. The van der Waals surface area contributed by atoms with Crippen LogP contribution in [0.1, 0.15) is 50.8 Å². The van der Waals surface area contributed by atoms with Gasteiger partial charge in [0.2, 0.25) is 11.9 Å². The summed E-state index contributed by atoms with van der Waals surface area (Å²) in [5, 5.41) is 5.86. The molecule has 1 fully saturated rings. The van der Waals surface area contributed by atoms with Crippen LogP contribution >= 0.6 is 0 Å². The number of hydrogen-bond donors (Lipinski definition) is 3. The smallest absolute Gasteiger partial charge is 0.398 e. The lowest BCUT2D eigenvalue weighted by Crippen LogP contribution is -2.47. The minimum Gasteiger partial charge on any atom is -0.398 e. The number of carbonyl (C=O) groups is 1. The van der Waals surface area contributed by atoms with Crippen molar-refractivity contribution in [3.05, 3.63) is 35.5 Å². The second-order valence-corrected chi connectivity index (χ2v) is 8.06. The molecule has 7 nitrogen and oxygen atoms in total. The molecule has 0 aliphatic carbocycles. The number of carbonyl (C=O) groups excluding carboxylic acids is 1. The van der Waals surface area contributed by atoms with E-state index in [1.54, 1.807) is 0 Å². The molecule has 1 amide bonds. The number of halogens is 3. The van der Waals surface area contributed by atoms with E-state index in [0.29, 0.717) is 12.4 Å². The third-order valence-corrected chi connectivity index (χ3v) is 5.32. The van der Waals surface area contributed by atoms with Crippen LogP contribution in [0, 0.1) is 0 Å². The molecule has 32 heavy (non-hydrogen) atoms. The fraction of sp³-hybridized carbons (Fsp3) is 0.500. The Hall–Kier alpha value is -3.04. The summed E-state index contributed by atoms with van der Waals surface area (Å²) in [6.07, 6.45) is -0.105. The van der Waals surface area contributed by atoms with Crippen molar-refractivity contribution in [3.8, 4) is 0 Å². The summed E-state index contributed by atoms with van der Waals surface area (Å²) in [6, 6.07) is 5.60. The molecule has 1 atom stereocenters. The molecule has 0 saturated carbocycles. The van der Waals surface area contributed by atoms with Gasteiger partial charge >= 0.3 is 6.18 Å². The zero-order valence-electron chi connectivity index (χ0n) is 18.3. The highest BCUT2D eigenvalue weighted by Gasteiger charge is 2.33. The molecule has 0 spiro atoms. The number of alkyl halides is 3. The van der Waals surface area contributed by atoms with Crippen molar-refractivity contribution in [3.63, 3.8) is 0 Å². The van der Waals surface area contributed by atoms with Gasteiger partial charge in [0.05, 0.1) is 5.56 Å². The molecular formula is C22H29F3N6O. The number of nitrogens with one attached hydrogen (secondary N) is 2. The average Bonchev–Trinajstić information content (AvgIpc) is 2.72. The highest BCUT2D eigenvalue weighted by Crippen LogP contribution is 2.35. The van der Waals surface area contributed by atoms with Gasteiger partial charge in [-0.25, -0.2) is 4.98 Å². The third-order valence-electron chi connectivity index (χ3n) is 5.32. The van der Waals surface area contributed by atoms with Crippen LogP contribution in [0.5, 0.6) is 0 Å². The van der Waals surface area contributed by atoms with Crippen LogP contribution in [0.2, 0.25) is 0 Å². The Morgan fingerprint density at radius 2 is 2.06 bits per heavy atom. The first-order chi connectivity index (χ1) is 15.2. The van der Waals surface area contributed by atoms with Gasteiger partial charge in [-0.15, -0.1) is 0 Å². The SMILES string of the molecule is CCCCc1cc(N2CCC[C@@H](NC(C)=O)C2)nc(Nc2ccc(N)c(C(F)(F)F)c2)n1. The normalized spacial score (nSPS) is 16.7. The maximum Gasteiger partial charge on any atom is 0.418 e. The van der Waals surface area contributed by atoms with E-state index in [2.05, 4.69) is 32.4 Å². The predicted octanol–water partition coefficient (Wildman–Crippen LogP) is 4.27. The average molecular weight is 451 g/mol. The van der Waals surface area contributed by atoms with Crippen molar-refractivity contribution in [2.45, 2.75) is 58.2 Å². The quantitative estimate of drug-likeness (QED) is 0.546. The molecule has 4 N–H and O–H groups in total. The summed E-state index contributed by atoms with van der Waals surface area (Å²) >= 11 is 0. The number of aromatic nitrogens is 2. The minimum absolute atomic E-state index is 0.0261. The Labute approximate surface area is 185 Å². The van der Waals surface area contributed by atoms with Crippen molar-refractivity contribution < 1.29 is 18.0 Å². The van der Waals surface area contributed by atoms with Crippen molar-refractivity contribution >= 4 is 29.0 Å². The first-order valence-electron chi connectivity index (χ1n) is 10.8. The highest BCUT2D eigenvalue weighted by molar-refractivity contribution is 5.73. The van der Waals surface area contributed by atoms with Crippen molar-refractivity contribution in [1.82, 2.24) is 15.3 Å². The zero-order chi connectivity index (χ0) is 23.3. The number of rotatable bonds is 7. The Kier molecular flexibility index (Phi) is 7.42. The Balaban J connectivity index is 1.88. The zero-order valence-corrected chi connectivity index (χ0v) is 18.3. The predicted molar refractivity (Wildman–Crippen MR) is 119 cm³/mol.